The van der Waals surface area contributed by atoms with Crippen molar-refractivity contribution in [3.63, 3.8) is 0 Å². The molecular formula is C15H20ClNO5S. The monoisotopic (exact) mass is 361 g/mol. The van der Waals surface area contributed by atoms with Gasteiger partial charge in [-0.15, -0.1) is 0 Å². The molecule has 0 spiro atoms. The predicted octanol–water partition coefficient (Wildman–Crippen LogP) is 3.05. The largest absolute Gasteiger partial charge is 0.444 e. The van der Waals surface area contributed by atoms with Gasteiger partial charge in [-0.2, -0.15) is 8.42 Å². The minimum Gasteiger partial charge on any atom is -0.444 e. The van der Waals surface area contributed by atoms with E-state index in [1.165, 1.54) is 29.2 Å². The first-order valence-corrected chi connectivity index (χ1v) is 9.02. The van der Waals surface area contributed by atoms with Crippen molar-refractivity contribution in [1.29, 1.82) is 0 Å². The number of hydrogen-bond donors (Lipinski definition) is 0. The zero-order valence-electron chi connectivity index (χ0n) is 13.3. The molecular weight excluding hydrogens is 342 g/mol. The van der Waals surface area contributed by atoms with Crippen LogP contribution in [0.15, 0.2) is 29.2 Å². The van der Waals surface area contributed by atoms with Crippen molar-refractivity contribution in [2.24, 2.45) is 0 Å². The normalized spacial score (nSPS) is 19.0. The second-order valence-electron chi connectivity index (χ2n) is 6.34. The summed E-state index contributed by atoms with van der Waals surface area (Å²) in [4.78, 5) is 13.5. The van der Waals surface area contributed by atoms with Gasteiger partial charge >= 0.3 is 6.09 Å². The molecule has 1 heterocycles. The Morgan fingerprint density at radius 1 is 1.26 bits per heavy atom. The molecule has 1 aromatic carbocycles. The maximum atomic E-state index is 12.2. The molecule has 2 rings (SSSR count). The molecule has 0 aromatic heterocycles. The number of ether oxygens (including phenoxy) is 1. The molecule has 0 saturated carbocycles. The summed E-state index contributed by atoms with van der Waals surface area (Å²) < 4.78 is 34.9. The highest BCUT2D eigenvalue weighted by Gasteiger charge is 2.33. The van der Waals surface area contributed by atoms with Crippen molar-refractivity contribution in [3.05, 3.63) is 29.3 Å². The van der Waals surface area contributed by atoms with Crippen LogP contribution in [0.1, 0.15) is 27.2 Å². The van der Waals surface area contributed by atoms with Gasteiger partial charge in [-0.25, -0.2) is 4.79 Å². The molecule has 0 bridgehead atoms. The lowest BCUT2D eigenvalue weighted by molar-refractivity contribution is 0.0276. The van der Waals surface area contributed by atoms with Crippen molar-refractivity contribution < 1.29 is 22.1 Å². The van der Waals surface area contributed by atoms with Crippen LogP contribution in [0.3, 0.4) is 0 Å². The quantitative estimate of drug-likeness (QED) is 0.773. The smallest absolute Gasteiger partial charge is 0.410 e. The van der Waals surface area contributed by atoms with Gasteiger partial charge in [-0.05, 0) is 51.5 Å². The summed E-state index contributed by atoms with van der Waals surface area (Å²) in [6.07, 6.45) is -0.609. The summed E-state index contributed by atoms with van der Waals surface area (Å²) in [5, 5.41) is 0.445. The number of hydrogen-bond acceptors (Lipinski definition) is 5. The molecule has 0 unspecified atom stereocenters. The zero-order valence-corrected chi connectivity index (χ0v) is 14.9. The maximum absolute atomic E-state index is 12.2. The Hall–Kier alpha value is -1.31. The molecule has 1 fully saturated rings. The van der Waals surface area contributed by atoms with Crippen molar-refractivity contribution in [3.8, 4) is 0 Å². The Kier molecular flexibility index (Phi) is 5.23. The van der Waals surface area contributed by atoms with Crippen molar-refractivity contribution in [1.82, 2.24) is 4.90 Å². The molecule has 1 amide bonds. The van der Waals surface area contributed by atoms with E-state index in [1.807, 2.05) is 0 Å². The fraction of sp³-hybridized carbons (Fsp3) is 0.533. The molecule has 0 aliphatic carbocycles. The number of likely N-dealkylation sites (tertiary alicyclic amines) is 1. The van der Waals surface area contributed by atoms with Gasteiger partial charge in [-0.1, -0.05) is 11.6 Å². The van der Waals surface area contributed by atoms with Gasteiger partial charge < -0.3 is 9.64 Å². The van der Waals surface area contributed by atoms with Gasteiger partial charge in [0.15, 0.2) is 0 Å². The Morgan fingerprint density at radius 3 is 2.43 bits per heavy atom. The first-order valence-electron chi connectivity index (χ1n) is 7.24. The zero-order chi connectivity index (χ0) is 17.3. The number of carbonyl (C=O) groups is 1. The van der Waals surface area contributed by atoms with Crippen molar-refractivity contribution in [2.45, 2.75) is 43.8 Å². The Balaban J connectivity index is 1.97. The molecule has 1 atom stereocenters. The van der Waals surface area contributed by atoms with Crippen LogP contribution in [0.25, 0.3) is 0 Å². The van der Waals surface area contributed by atoms with Crippen LogP contribution in [0.4, 0.5) is 4.79 Å². The lowest BCUT2D eigenvalue weighted by Gasteiger charge is -2.24. The summed E-state index contributed by atoms with van der Waals surface area (Å²) >= 11 is 5.75. The minimum absolute atomic E-state index is 0.0395. The molecule has 23 heavy (non-hydrogen) atoms. The molecule has 0 radical (unpaired) electrons. The number of carbonyl (C=O) groups excluding carboxylic acids is 1. The summed E-state index contributed by atoms with van der Waals surface area (Å²) in [5.74, 6) is 0. The van der Waals surface area contributed by atoms with Crippen LogP contribution >= 0.6 is 11.6 Å². The highest BCUT2D eigenvalue weighted by molar-refractivity contribution is 7.86. The maximum Gasteiger partial charge on any atom is 0.410 e. The van der Waals surface area contributed by atoms with E-state index < -0.39 is 27.9 Å². The van der Waals surface area contributed by atoms with Gasteiger partial charge in [0, 0.05) is 11.6 Å². The average molecular weight is 362 g/mol. The van der Waals surface area contributed by atoms with Crippen LogP contribution in [0.5, 0.6) is 0 Å². The van der Waals surface area contributed by atoms with Gasteiger partial charge in [0.1, 0.15) is 5.60 Å². The average Bonchev–Trinajstić information content (AvgIpc) is 2.85. The number of amides is 1. The number of benzene rings is 1. The minimum atomic E-state index is -3.88. The summed E-state index contributed by atoms with van der Waals surface area (Å²) in [6.45, 7) is 5.91. The van der Waals surface area contributed by atoms with E-state index in [2.05, 4.69) is 0 Å². The van der Waals surface area contributed by atoms with Crippen LogP contribution in [-0.2, 0) is 19.0 Å². The van der Waals surface area contributed by atoms with E-state index in [0.29, 0.717) is 18.0 Å². The third-order valence-corrected chi connectivity index (χ3v) is 4.79. The third-order valence-electron chi connectivity index (χ3n) is 3.16. The number of halogens is 1. The van der Waals surface area contributed by atoms with Crippen molar-refractivity contribution in [2.75, 3.05) is 13.1 Å². The van der Waals surface area contributed by atoms with Gasteiger partial charge in [0.2, 0.25) is 0 Å². The van der Waals surface area contributed by atoms with Crippen molar-refractivity contribution >= 4 is 27.8 Å². The van der Waals surface area contributed by atoms with E-state index >= 15 is 0 Å². The van der Waals surface area contributed by atoms with E-state index in [4.69, 9.17) is 20.5 Å². The fourth-order valence-electron chi connectivity index (χ4n) is 2.14. The molecule has 1 aliphatic heterocycles. The summed E-state index contributed by atoms with van der Waals surface area (Å²) in [6, 6.07) is 5.75. The highest BCUT2D eigenvalue weighted by atomic mass is 35.5. The number of rotatable bonds is 3. The topological polar surface area (TPSA) is 72.9 Å². The van der Waals surface area contributed by atoms with Crippen LogP contribution in [-0.4, -0.2) is 44.2 Å². The van der Waals surface area contributed by atoms with E-state index in [1.54, 1.807) is 20.8 Å². The SMILES string of the molecule is CC(C)(C)OC(=O)N1CC[C@H](OS(=O)(=O)c2ccc(Cl)cc2)C1. The highest BCUT2D eigenvalue weighted by Crippen LogP contribution is 2.22. The van der Waals surface area contributed by atoms with Crippen LogP contribution < -0.4 is 0 Å². The van der Waals surface area contributed by atoms with Gasteiger partial charge in [-0.3, -0.25) is 4.18 Å². The molecule has 1 aromatic rings. The lowest BCUT2D eigenvalue weighted by atomic mass is 10.2. The first-order chi connectivity index (χ1) is 10.6. The van der Waals surface area contributed by atoms with Gasteiger partial charge in [0.25, 0.3) is 10.1 Å². The third kappa shape index (κ3) is 5.09. The lowest BCUT2D eigenvalue weighted by Crippen LogP contribution is -2.36. The Morgan fingerprint density at radius 2 is 1.87 bits per heavy atom. The van der Waals surface area contributed by atoms with Crippen LogP contribution in [0, 0.1) is 0 Å². The van der Waals surface area contributed by atoms with E-state index in [9.17, 15) is 13.2 Å². The molecule has 0 N–H and O–H groups in total. The molecule has 6 nitrogen and oxygen atoms in total. The first kappa shape index (κ1) is 18.0. The second-order valence-corrected chi connectivity index (χ2v) is 8.35. The van der Waals surface area contributed by atoms with Crippen LogP contribution in [0.2, 0.25) is 5.02 Å². The molecule has 128 valence electrons. The van der Waals surface area contributed by atoms with E-state index in [0.717, 1.165) is 0 Å². The fourth-order valence-corrected chi connectivity index (χ4v) is 3.36. The summed E-state index contributed by atoms with van der Waals surface area (Å²) in [7, 11) is -3.88. The Labute approximate surface area is 141 Å². The van der Waals surface area contributed by atoms with Gasteiger partial charge in [0.05, 0.1) is 17.5 Å². The molecule has 8 heteroatoms. The Bertz CT molecular complexity index is 666. The summed E-state index contributed by atoms with van der Waals surface area (Å²) in [5.41, 5.74) is -0.592. The van der Waals surface area contributed by atoms with E-state index in [-0.39, 0.29) is 11.4 Å². The number of nitrogens with zero attached hydrogens (tertiary/aromatic N) is 1. The molecule has 1 aliphatic rings. The molecule has 1 saturated heterocycles. The predicted molar refractivity (Wildman–Crippen MR) is 85.9 cm³/mol. The standard InChI is InChI=1S/C15H20ClNO5S/c1-15(2,3)21-14(18)17-9-8-12(10-17)22-23(19,20)13-6-4-11(16)5-7-13/h4-7,12H,8-10H2,1-3H3/t12-/m0/s1. The second kappa shape index (κ2) is 6.67.